The van der Waals surface area contributed by atoms with E-state index < -0.39 is 0 Å². The maximum Gasteiger partial charge on any atom is 0.131 e. The quantitative estimate of drug-likeness (QED) is 0.888. The Bertz CT molecular complexity index is 469. The maximum atomic E-state index is 5.81. The minimum absolute atomic E-state index is 0.603. The molecule has 1 saturated carbocycles. The van der Waals surface area contributed by atoms with Crippen LogP contribution in [0.4, 0.5) is 0 Å². The van der Waals surface area contributed by atoms with E-state index in [1.54, 1.807) is 0 Å². The fourth-order valence-corrected chi connectivity index (χ4v) is 3.71. The van der Waals surface area contributed by atoms with E-state index in [1.807, 2.05) is 0 Å². The predicted octanol–water partition coefficient (Wildman–Crippen LogP) is 2.75. The second-order valence-electron chi connectivity index (χ2n) is 6.55. The van der Waals surface area contributed by atoms with Crippen molar-refractivity contribution in [3.05, 3.63) is 22.8 Å². The second kappa shape index (κ2) is 5.20. The van der Waals surface area contributed by atoms with Crippen LogP contribution in [0.5, 0.6) is 0 Å². The Balaban J connectivity index is 1.88. The Morgan fingerprint density at radius 2 is 2.05 bits per heavy atom. The van der Waals surface area contributed by atoms with Gasteiger partial charge in [-0.05, 0) is 69.4 Å². The van der Waals surface area contributed by atoms with E-state index >= 15 is 0 Å². The molecule has 3 heteroatoms. The van der Waals surface area contributed by atoms with Gasteiger partial charge in [-0.3, -0.25) is 0 Å². The molecule has 1 heterocycles. The number of aromatic nitrogens is 2. The molecule has 2 aliphatic carbocycles. The maximum absolute atomic E-state index is 5.81. The highest BCUT2D eigenvalue weighted by Gasteiger charge is 2.28. The lowest BCUT2D eigenvalue weighted by Gasteiger charge is -2.25. The van der Waals surface area contributed by atoms with Crippen LogP contribution in [0.1, 0.15) is 61.3 Å². The van der Waals surface area contributed by atoms with Gasteiger partial charge in [0.05, 0.1) is 0 Å². The zero-order valence-electron chi connectivity index (χ0n) is 12.2. The van der Waals surface area contributed by atoms with Gasteiger partial charge in [-0.2, -0.15) is 0 Å². The number of hydrogen-bond donors (Lipinski definition) is 1. The molecule has 3 unspecified atom stereocenters. The highest BCUT2D eigenvalue weighted by molar-refractivity contribution is 5.29. The van der Waals surface area contributed by atoms with Gasteiger partial charge in [-0.1, -0.05) is 6.92 Å². The largest absolute Gasteiger partial charge is 0.330 e. The average molecular weight is 259 g/mol. The van der Waals surface area contributed by atoms with Gasteiger partial charge in [-0.25, -0.2) is 9.97 Å². The number of fused-ring (bicyclic) bond motifs is 1. The molecule has 2 aliphatic rings. The van der Waals surface area contributed by atoms with E-state index in [0.717, 1.165) is 31.1 Å². The van der Waals surface area contributed by atoms with Crippen LogP contribution >= 0.6 is 0 Å². The summed E-state index contributed by atoms with van der Waals surface area (Å²) in [6.07, 6.45) is 7.24. The molecule has 0 aromatic carbocycles. The standard InChI is InChI=1S/C16H25N3/c1-10-3-5-13(7-10)16-18-11(2)14-8-12(9-17)4-6-15(14)19-16/h10,12-13H,3-9,17H2,1-2H3. The van der Waals surface area contributed by atoms with E-state index in [0.29, 0.717) is 11.8 Å². The first kappa shape index (κ1) is 13.0. The van der Waals surface area contributed by atoms with Crippen LogP contribution in [0, 0.1) is 18.8 Å². The average Bonchev–Trinajstić information content (AvgIpc) is 2.85. The Hall–Kier alpha value is -0.960. The first-order chi connectivity index (χ1) is 9.17. The zero-order chi connectivity index (χ0) is 13.4. The third-order valence-electron chi connectivity index (χ3n) is 4.99. The fraction of sp³-hybridized carbons (Fsp3) is 0.750. The Labute approximate surface area is 116 Å². The van der Waals surface area contributed by atoms with Gasteiger partial charge >= 0.3 is 0 Å². The summed E-state index contributed by atoms with van der Waals surface area (Å²) in [5.74, 6) is 3.19. The van der Waals surface area contributed by atoms with Crippen molar-refractivity contribution in [3.63, 3.8) is 0 Å². The minimum Gasteiger partial charge on any atom is -0.330 e. The first-order valence-corrected chi connectivity index (χ1v) is 7.73. The molecule has 0 bridgehead atoms. The van der Waals surface area contributed by atoms with E-state index in [4.69, 9.17) is 15.7 Å². The van der Waals surface area contributed by atoms with Gasteiger partial charge in [0.15, 0.2) is 0 Å². The third-order valence-corrected chi connectivity index (χ3v) is 4.99. The van der Waals surface area contributed by atoms with Crippen molar-refractivity contribution in [2.75, 3.05) is 6.54 Å². The van der Waals surface area contributed by atoms with Crippen molar-refractivity contribution >= 4 is 0 Å². The summed E-state index contributed by atoms with van der Waals surface area (Å²) < 4.78 is 0. The summed E-state index contributed by atoms with van der Waals surface area (Å²) in [4.78, 5) is 9.73. The zero-order valence-corrected chi connectivity index (χ0v) is 12.2. The van der Waals surface area contributed by atoms with Gasteiger partial charge in [0, 0.05) is 17.3 Å². The molecule has 0 saturated heterocycles. The Kier molecular flexibility index (Phi) is 3.57. The van der Waals surface area contributed by atoms with E-state index in [1.165, 1.54) is 42.6 Å². The molecule has 0 radical (unpaired) electrons. The Morgan fingerprint density at radius 3 is 2.74 bits per heavy atom. The van der Waals surface area contributed by atoms with Crippen LogP contribution in [-0.2, 0) is 12.8 Å². The van der Waals surface area contributed by atoms with Crippen LogP contribution in [0.25, 0.3) is 0 Å². The van der Waals surface area contributed by atoms with Gasteiger partial charge in [-0.15, -0.1) is 0 Å². The van der Waals surface area contributed by atoms with Gasteiger partial charge in [0.2, 0.25) is 0 Å². The van der Waals surface area contributed by atoms with Crippen molar-refractivity contribution in [1.82, 2.24) is 9.97 Å². The molecule has 19 heavy (non-hydrogen) atoms. The number of hydrogen-bond acceptors (Lipinski definition) is 3. The SMILES string of the molecule is Cc1nc(C2CCC(C)C2)nc2c1CC(CN)CC2. The molecule has 3 nitrogen and oxygen atoms in total. The molecule has 1 fully saturated rings. The van der Waals surface area contributed by atoms with Crippen molar-refractivity contribution in [2.45, 2.75) is 58.3 Å². The van der Waals surface area contributed by atoms with Gasteiger partial charge < -0.3 is 5.73 Å². The summed E-state index contributed by atoms with van der Waals surface area (Å²) in [6.45, 7) is 5.29. The summed E-state index contributed by atoms with van der Waals surface area (Å²) in [6, 6.07) is 0. The van der Waals surface area contributed by atoms with Crippen LogP contribution in [0.3, 0.4) is 0 Å². The fourth-order valence-electron chi connectivity index (χ4n) is 3.71. The predicted molar refractivity (Wildman–Crippen MR) is 77.1 cm³/mol. The Morgan fingerprint density at radius 1 is 1.21 bits per heavy atom. The number of nitrogens with zero attached hydrogens (tertiary/aromatic N) is 2. The minimum atomic E-state index is 0.603. The monoisotopic (exact) mass is 259 g/mol. The highest BCUT2D eigenvalue weighted by Crippen LogP contribution is 2.37. The number of rotatable bonds is 2. The van der Waals surface area contributed by atoms with Crippen molar-refractivity contribution in [2.24, 2.45) is 17.6 Å². The molecule has 3 rings (SSSR count). The number of aryl methyl sites for hydroxylation is 2. The molecule has 1 aromatic rings. The lowest BCUT2D eigenvalue weighted by atomic mass is 9.85. The van der Waals surface area contributed by atoms with Crippen LogP contribution < -0.4 is 5.73 Å². The summed E-state index contributed by atoms with van der Waals surface area (Å²) >= 11 is 0. The van der Waals surface area contributed by atoms with Gasteiger partial charge in [0.1, 0.15) is 5.82 Å². The molecule has 104 valence electrons. The van der Waals surface area contributed by atoms with Crippen LogP contribution in [-0.4, -0.2) is 16.5 Å². The highest BCUT2D eigenvalue weighted by atomic mass is 14.9. The van der Waals surface area contributed by atoms with E-state index in [9.17, 15) is 0 Å². The summed E-state index contributed by atoms with van der Waals surface area (Å²) in [7, 11) is 0. The summed E-state index contributed by atoms with van der Waals surface area (Å²) in [5.41, 5.74) is 9.72. The van der Waals surface area contributed by atoms with Crippen LogP contribution in [0.2, 0.25) is 0 Å². The van der Waals surface area contributed by atoms with Crippen molar-refractivity contribution < 1.29 is 0 Å². The lowest BCUT2D eigenvalue weighted by Crippen LogP contribution is -2.25. The molecule has 0 amide bonds. The van der Waals surface area contributed by atoms with E-state index in [-0.39, 0.29) is 0 Å². The first-order valence-electron chi connectivity index (χ1n) is 7.73. The smallest absolute Gasteiger partial charge is 0.131 e. The second-order valence-corrected chi connectivity index (χ2v) is 6.55. The molecule has 2 N–H and O–H groups in total. The molecule has 3 atom stereocenters. The number of nitrogens with two attached hydrogens (primary N) is 1. The third kappa shape index (κ3) is 2.53. The summed E-state index contributed by atoms with van der Waals surface area (Å²) in [5, 5.41) is 0. The molecule has 0 spiro atoms. The van der Waals surface area contributed by atoms with Gasteiger partial charge in [0.25, 0.3) is 0 Å². The molecule has 1 aromatic heterocycles. The topological polar surface area (TPSA) is 51.8 Å². The molecule has 0 aliphatic heterocycles. The van der Waals surface area contributed by atoms with Crippen molar-refractivity contribution in [1.29, 1.82) is 0 Å². The van der Waals surface area contributed by atoms with E-state index in [2.05, 4.69) is 13.8 Å². The molecular formula is C16H25N3. The van der Waals surface area contributed by atoms with Crippen LogP contribution in [0.15, 0.2) is 0 Å². The normalized spacial score (nSPS) is 30.4. The van der Waals surface area contributed by atoms with Crippen molar-refractivity contribution in [3.8, 4) is 0 Å². The molecular weight excluding hydrogens is 234 g/mol. The lowest BCUT2D eigenvalue weighted by molar-refractivity contribution is 0.456.